The minimum Gasteiger partial charge on any atom is -0.396 e. The molecule has 0 aliphatic carbocycles. The van der Waals surface area contributed by atoms with Gasteiger partial charge in [0.15, 0.2) is 0 Å². The first kappa shape index (κ1) is 19.2. The summed E-state index contributed by atoms with van der Waals surface area (Å²) in [6, 6.07) is 0. The van der Waals surface area contributed by atoms with Gasteiger partial charge in [0.05, 0.1) is 0 Å². The monoisotopic (exact) mass is 250 g/mol. The van der Waals surface area contributed by atoms with Crippen molar-refractivity contribution in [2.24, 2.45) is 5.92 Å². The zero-order valence-corrected chi connectivity index (χ0v) is 11.1. The average molecular weight is 250 g/mol. The van der Waals surface area contributed by atoms with E-state index in [2.05, 4.69) is 0 Å². The fraction of sp³-hybridized carbons (Fsp3) is 1.00. The van der Waals surface area contributed by atoms with Gasteiger partial charge in [-0.25, -0.2) is 0 Å². The number of rotatable bonds is 10. The fourth-order valence-corrected chi connectivity index (χ4v) is 1.36. The standard InChI is InChI=1S/C7H16O2.C6H14O2/c8-6-4-2-1-3-5-7-9;1-2-6(5-8)3-4-7/h8-9H,1-7H2;6-8H,2-5H2,1H3. The van der Waals surface area contributed by atoms with Crippen molar-refractivity contribution in [1.82, 2.24) is 0 Å². The maximum Gasteiger partial charge on any atom is 0.0460 e. The Morgan fingerprint density at radius 3 is 1.41 bits per heavy atom. The molecule has 106 valence electrons. The molecule has 0 amide bonds. The molecular weight excluding hydrogens is 220 g/mol. The average Bonchev–Trinajstić information content (AvgIpc) is 2.36. The van der Waals surface area contributed by atoms with Crippen LogP contribution >= 0.6 is 0 Å². The SMILES string of the molecule is CCC(CO)CCO.OCCCCCCCO. The number of hydrogen-bond donors (Lipinski definition) is 4. The zero-order chi connectivity index (χ0) is 13.4. The van der Waals surface area contributed by atoms with Crippen molar-refractivity contribution in [3.63, 3.8) is 0 Å². The highest BCUT2D eigenvalue weighted by Crippen LogP contribution is 2.04. The smallest absolute Gasteiger partial charge is 0.0460 e. The Kier molecular flexibility index (Phi) is 20.6. The third-order valence-corrected chi connectivity index (χ3v) is 2.69. The summed E-state index contributed by atoms with van der Waals surface area (Å²) in [4.78, 5) is 0. The van der Waals surface area contributed by atoms with Gasteiger partial charge in [-0.05, 0) is 25.2 Å². The maximum atomic E-state index is 8.55. The lowest BCUT2D eigenvalue weighted by Crippen LogP contribution is -2.05. The summed E-state index contributed by atoms with van der Waals surface area (Å²) in [6.07, 6.45) is 6.83. The highest BCUT2D eigenvalue weighted by molar-refractivity contribution is 4.52. The first-order valence-electron chi connectivity index (χ1n) is 6.70. The Bertz CT molecular complexity index is 110. The van der Waals surface area contributed by atoms with Crippen molar-refractivity contribution in [3.8, 4) is 0 Å². The molecule has 0 aliphatic heterocycles. The molecule has 1 unspecified atom stereocenters. The molecule has 4 N–H and O–H groups in total. The van der Waals surface area contributed by atoms with E-state index >= 15 is 0 Å². The van der Waals surface area contributed by atoms with Gasteiger partial charge in [-0.3, -0.25) is 0 Å². The van der Waals surface area contributed by atoms with Crippen LogP contribution in [-0.2, 0) is 0 Å². The van der Waals surface area contributed by atoms with Crippen LogP contribution in [0.25, 0.3) is 0 Å². The van der Waals surface area contributed by atoms with E-state index in [0.717, 1.165) is 44.9 Å². The molecule has 0 aromatic carbocycles. The second-order valence-corrected chi connectivity index (χ2v) is 4.18. The van der Waals surface area contributed by atoms with Gasteiger partial charge < -0.3 is 20.4 Å². The van der Waals surface area contributed by atoms with Crippen molar-refractivity contribution in [3.05, 3.63) is 0 Å². The normalized spacial score (nSPS) is 11.8. The second kappa shape index (κ2) is 18.2. The summed E-state index contributed by atoms with van der Waals surface area (Å²) in [5, 5.41) is 33.7. The van der Waals surface area contributed by atoms with E-state index in [1.54, 1.807) is 0 Å². The van der Waals surface area contributed by atoms with Crippen LogP contribution in [0.3, 0.4) is 0 Å². The Hall–Kier alpha value is -0.160. The molecule has 0 saturated carbocycles. The Labute approximate surface area is 105 Å². The van der Waals surface area contributed by atoms with E-state index in [1.807, 2.05) is 6.92 Å². The predicted octanol–water partition coefficient (Wildman–Crippen LogP) is 1.31. The van der Waals surface area contributed by atoms with Crippen LogP contribution in [0, 0.1) is 5.92 Å². The van der Waals surface area contributed by atoms with Crippen LogP contribution in [0.4, 0.5) is 0 Å². The molecular formula is C13H30O4. The van der Waals surface area contributed by atoms with Crippen molar-refractivity contribution in [2.45, 2.75) is 51.9 Å². The third kappa shape index (κ3) is 18.4. The molecule has 0 rings (SSSR count). The van der Waals surface area contributed by atoms with Crippen LogP contribution in [-0.4, -0.2) is 46.9 Å². The first-order chi connectivity index (χ1) is 8.26. The molecule has 1 atom stereocenters. The second-order valence-electron chi connectivity index (χ2n) is 4.18. The number of aliphatic hydroxyl groups is 4. The first-order valence-corrected chi connectivity index (χ1v) is 6.70. The summed E-state index contributed by atoms with van der Waals surface area (Å²) in [7, 11) is 0. The summed E-state index contributed by atoms with van der Waals surface area (Å²) in [5.41, 5.74) is 0. The van der Waals surface area contributed by atoms with Crippen LogP contribution in [0.5, 0.6) is 0 Å². The summed E-state index contributed by atoms with van der Waals surface area (Å²) in [5.74, 6) is 0.306. The van der Waals surface area contributed by atoms with E-state index in [0.29, 0.717) is 19.1 Å². The Balaban J connectivity index is 0. The molecule has 0 radical (unpaired) electrons. The van der Waals surface area contributed by atoms with Gasteiger partial charge in [-0.15, -0.1) is 0 Å². The fourth-order valence-electron chi connectivity index (χ4n) is 1.36. The Morgan fingerprint density at radius 2 is 1.18 bits per heavy atom. The van der Waals surface area contributed by atoms with E-state index in [9.17, 15) is 0 Å². The van der Waals surface area contributed by atoms with E-state index in [-0.39, 0.29) is 13.2 Å². The largest absolute Gasteiger partial charge is 0.396 e. The van der Waals surface area contributed by atoms with Gasteiger partial charge in [-0.1, -0.05) is 32.6 Å². The molecule has 0 saturated heterocycles. The molecule has 4 heteroatoms. The quantitative estimate of drug-likeness (QED) is 0.441. The van der Waals surface area contributed by atoms with E-state index < -0.39 is 0 Å². The molecule has 0 bridgehead atoms. The van der Waals surface area contributed by atoms with Crippen LogP contribution < -0.4 is 0 Å². The molecule has 0 aromatic heterocycles. The number of aliphatic hydroxyl groups excluding tert-OH is 4. The minimum absolute atomic E-state index is 0.194. The molecule has 0 aliphatic rings. The van der Waals surface area contributed by atoms with E-state index in [4.69, 9.17) is 20.4 Å². The molecule has 17 heavy (non-hydrogen) atoms. The number of hydrogen-bond acceptors (Lipinski definition) is 4. The molecule has 0 spiro atoms. The van der Waals surface area contributed by atoms with Crippen LogP contribution in [0.2, 0.25) is 0 Å². The number of unbranched alkanes of at least 4 members (excludes halogenated alkanes) is 4. The van der Waals surface area contributed by atoms with Gasteiger partial charge in [0.1, 0.15) is 0 Å². The molecule has 0 heterocycles. The van der Waals surface area contributed by atoms with Crippen molar-refractivity contribution >= 4 is 0 Å². The summed E-state index contributed by atoms with van der Waals surface area (Å²) < 4.78 is 0. The third-order valence-electron chi connectivity index (χ3n) is 2.69. The lowest BCUT2D eigenvalue weighted by Gasteiger charge is -2.06. The minimum atomic E-state index is 0.194. The Morgan fingerprint density at radius 1 is 0.706 bits per heavy atom. The lowest BCUT2D eigenvalue weighted by molar-refractivity contribution is 0.180. The zero-order valence-electron chi connectivity index (χ0n) is 11.1. The predicted molar refractivity (Wildman–Crippen MR) is 69.8 cm³/mol. The summed E-state index contributed by atoms with van der Waals surface area (Å²) in [6.45, 7) is 3.02. The highest BCUT2D eigenvalue weighted by atomic mass is 16.3. The molecule has 4 nitrogen and oxygen atoms in total. The molecule has 0 aromatic rings. The summed E-state index contributed by atoms with van der Waals surface area (Å²) >= 11 is 0. The van der Waals surface area contributed by atoms with Gasteiger partial charge in [0.25, 0.3) is 0 Å². The van der Waals surface area contributed by atoms with Gasteiger partial charge in [0, 0.05) is 26.4 Å². The van der Waals surface area contributed by atoms with Crippen molar-refractivity contribution in [2.75, 3.05) is 26.4 Å². The van der Waals surface area contributed by atoms with Crippen LogP contribution in [0.15, 0.2) is 0 Å². The van der Waals surface area contributed by atoms with Crippen LogP contribution in [0.1, 0.15) is 51.9 Å². The topological polar surface area (TPSA) is 80.9 Å². The maximum absolute atomic E-state index is 8.55. The van der Waals surface area contributed by atoms with Gasteiger partial charge in [0.2, 0.25) is 0 Å². The van der Waals surface area contributed by atoms with E-state index in [1.165, 1.54) is 0 Å². The molecule has 0 fully saturated rings. The van der Waals surface area contributed by atoms with Gasteiger partial charge in [-0.2, -0.15) is 0 Å². The highest BCUT2D eigenvalue weighted by Gasteiger charge is 2.00. The van der Waals surface area contributed by atoms with Crippen molar-refractivity contribution in [1.29, 1.82) is 0 Å². The lowest BCUT2D eigenvalue weighted by atomic mass is 10.1. The van der Waals surface area contributed by atoms with Crippen molar-refractivity contribution < 1.29 is 20.4 Å². The van der Waals surface area contributed by atoms with Gasteiger partial charge >= 0.3 is 0 Å².